The number of imidazole rings is 1. The van der Waals surface area contributed by atoms with E-state index < -0.39 is 0 Å². The number of anilines is 1. The molecule has 0 amide bonds. The second kappa shape index (κ2) is 10.00. The summed E-state index contributed by atoms with van der Waals surface area (Å²) in [7, 11) is 3.62. The van der Waals surface area contributed by atoms with E-state index in [0.717, 1.165) is 66.7 Å². The Morgan fingerprint density at radius 1 is 0.921 bits per heavy atom. The largest absolute Gasteiger partial charge is 0.496 e. The summed E-state index contributed by atoms with van der Waals surface area (Å²) >= 11 is 0. The third-order valence-electron chi connectivity index (χ3n) is 7.09. The van der Waals surface area contributed by atoms with Gasteiger partial charge >= 0.3 is 0 Å². The number of para-hydroxylation sites is 1. The first-order valence-corrected chi connectivity index (χ1v) is 12.6. The minimum atomic E-state index is 0.489. The lowest BCUT2D eigenvalue weighted by molar-refractivity contribution is 0.245. The molecule has 38 heavy (non-hydrogen) atoms. The predicted molar refractivity (Wildman–Crippen MR) is 146 cm³/mol. The molecule has 0 radical (unpaired) electrons. The number of nitriles is 1. The molecule has 0 bridgehead atoms. The van der Waals surface area contributed by atoms with Crippen molar-refractivity contribution in [1.82, 2.24) is 29.0 Å². The first-order valence-electron chi connectivity index (χ1n) is 12.6. The Kier molecular flexibility index (Phi) is 6.23. The summed E-state index contributed by atoms with van der Waals surface area (Å²) in [6.45, 7) is 4.59. The zero-order valence-electron chi connectivity index (χ0n) is 21.4. The number of hydrogen-bond donors (Lipinski definition) is 0. The van der Waals surface area contributed by atoms with Gasteiger partial charge < -0.3 is 9.64 Å². The topological polar surface area (TPSA) is 87.5 Å². The molecule has 5 aromatic rings. The van der Waals surface area contributed by atoms with Gasteiger partial charge in [0.2, 0.25) is 0 Å². The van der Waals surface area contributed by atoms with E-state index in [2.05, 4.69) is 56.3 Å². The van der Waals surface area contributed by atoms with Crippen LogP contribution in [0.25, 0.3) is 28.0 Å². The number of methoxy groups -OCH3 is 1. The number of piperazine rings is 1. The molecular weight excluding hydrogens is 476 g/mol. The molecule has 190 valence electrons. The number of benzene rings is 1. The summed E-state index contributed by atoms with van der Waals surface area (Å²) in [6, 6.07) is 18.7. The summed E-state index contributed by atoms with van der Waals surface area (Å²) in [5.41, 5.74) is 6.20. The summed E-state index contributed by atoms with van der Waals surface area (Å²) in [6.07, 6.45) is 7.30. The SMILES string of the molecule is COc1ccccc1CN1CCN(c2ccc(-c3cc(-c4cnn(C)c4)cc4ncc(C#N)n34)cn2)CC1. The van der Waals surface area contributed by atoms with Crippen molar-refractivity contribution in [3.63, 3.8) is 0 Å². The molecule has 0 aliphatic carbocycles. The molecule has 5 heterocycles. The van der Waals surface area contributed by atoms with Crippen LogP contribution in [0, 0.1) is 11.3 Å². The maximum absolute atomic E-state index is 9.69. The van der Waals surface area contributed by atoms with Gasteiger partial charge in [-0.25, -0.2) is 9.97 Å². The minimum absolute atomic E-state index is 0.489. The molecule has 9 heteroatoms. The molecule has 0 saturated carbocycles. The van der Waals surface area contributed by atoms with Gasteiger partial charge in [-0.2, -0.15) is 10.4 Å². The Hall–Kier alpha value is -4.68. The molecule has 1 aliphatic rings. The van der Waals surface area contributed by atoms with Gasteiger partial charge in [0.15, 0.2) is 0 Å². The van der Waals surface area contributed by atoms with E-state index >= 15 is 0 Å². The lowest BCUT2D eigenvalue weighted by atomic mass is 10.1. The lowest BCUT2D eigenvalue weighted by Crippen LogP contribution is -2.46. The molecule has 4 aromatic heterocycles. The van der Waals surface area contributed by atoms with E-state index in [-0.39, 0.29) is 0 Å². The van der Waals surface area contributed by atoms with Crippen molar-refractivity contribution < 1.29 is 4.74 Å². The number of hydrogen-bond acceptors (Lipinski definition) is 7. The monoisotopic (exact) mass is 504 g/mol. The Labute approximate surface area is 221 Å². The van der Waals surface area contributed by atoms with Crippen LogP contribution in [0.5, 0.6) is 5.75 Å². The number of fused-ring (bicyclic) bond motifs is 1. The molecule has 1 saturated heterocycles. The molecule has 1 fully saturated rings. The molecular formula is C29H28N8O. The number of aromatic nitrogens is 5. The number of ether oxygens (including phenoxy) is 1. The zero-order valence-corrected chi connectivity index (χ0v) is 21.4. The van der Waals surface area contributed by atoms with Crippen molar-refractivity contribution in [2.24, 2.45) is 7.05 Å². The van der Waals surface area contributed by atoms with Crippen molar-refractivity contribution in [2.45, 2.75) is 6.54 Å². The van der Waals surface area contributed by atoms with Crippen LogP contribution in [-0.2, 0) is 13.6 Å². The smallest absolute Gasteiger partial charge is 0.145 e. The van der Waals surface area contributed by atoms with Gasteiger partial charge in [0, 0.05) is 68.9 Å². The van der Waals surface area contributed by atoms with Crippen LogP contribution in [0.15, 0.2) is 73.3 Å². The van der Waals surface area contributed by atoms with E-state index in [1.165, 1.54) is 5.56 Å². The highest BCUT2D eigenvalue weighted by Crippen LogP contribution is 2.30. The molecule has 0 unspecified atom stereocenters. The fraction of sp³-hybridized carbons (Fsp3) is 0.241. The zero-order chi connectivity index (χ0) is 26.1. The van der Waals surface area contributed by atoms with Crippen molar-refractivity contribution in [2.75, 3.05) is 38.2 Å². The number of nitrogens with zero attached hydrogens (tertiary/aromatic N) is 8. The second-order valence-electron chi connectivity index (χ2n) is 9.46. The van der Waals surface area contributed by atoms with Crippen LogP contribution < -0.4 is 9.64 Å². The summed E-state index contributed by atoms with van der Waals surface area (Å²) in [5, 5.41) is 14.0. The van der Waals surface area contributed by atoms with Crippen LogP contribution in [0.1, 0.15) is 11.3 Å². The number of rotatable bonds is 6. The second-order valence-corrected chi connectivity index (χ2v) is 9.46. The fourth-order valence-corrected chi connectivity index (χ4v) is 5.08. The highest BCUT2D eigenvalue weighted by Gasteiger charge is 2.20. The Morgan fingerprint density at radius 2 is 1.76 bits per heavy atom. The third kappa shape index (κ3) is 4.46. The van der Waals surface area contributed by atoms with Crippen molar-refractivity contribution >= 4 is 11.5 Å². The van der Waals surface area contributed by atoms with E-state index in [0.29, 0.717) is 11.3 Å². The van der Waals surface area contributed by atoms with Gasteiger partial charge in [0.25, 0.3) is 0 Å². The molecule has 9 nitrogen and oxygen atoms in total. The van der Waals surface area contributed by atoms with Crippen LogP contribution in [0.3, 0.4) is 0 Å². The van der Waals surface area contributed by atoms with Gasteiger partial charge in [-0.3, -0.25) is 14.0 Å². The minimum Gasteiger partial charge on any atom is -0.496 e. The molecule has 0 atom stereocenters. The average Bonchev–Trinajstić information content (AvgIpc) is 3.59. The predicted octanol–water partition coefficient (Wildman–Crippen LogP) is 4.00. The fourth-order valence-electron chi connectivity index (χ4n) is 5.08. The standard InChI is InChI=1S/C29H28N8O/c1-34-19-24(17-33-34)23-13-26(37-25(15-30)18-32-29(37)14-23)21-7-8-28(31-16-21)36-11-9-35(10-12-36)20-22-5-3-4-6-27(22)38-2/h3-8,13-14,16-19H,9-12,20H2,1-2H3. The molecule has 1 aromatic carbocycles. The van der Waals surface area contributed by atoms with Crippen LogP contribution in [0.2, 0.25) is 0 Å². The average molecular weight is 505 g/mol. The lowest BCUT2D eigenvalue weighted by Gasteiger charge is -2.35. The van der Waals surface area contributed by atoms with E-state index in [1.807, 2.05) is 48.2 Å². The summed E-state index contributed by atoms with van der Waals surface area (Å²) in [5.74, 6) is 1.89. The van der Waals surface area contributed by atoms with Crippen LogP contribution in [-0.4, -0.2) is 62.3 Å². The highest BCUT2D eigenvalue weighted by molar-refractivity contribution is 5.75. The van der Waals surface area contributed by atoms with Gasteiger partial charge in [-0.05, 0) is 35.9 Å². The van der Waals surface area contributed by atoms with E-state index in [4.69, 9.17) is 9.72 Å². The van der Waals surface area contributed by atoms with Crippen LogP contribution in [0.4, 0.5) is 5.82 Å². The molecule has 6 rings (SSSR count). The molecule has 1 aliphatic heterocycles. The van der Waals surface area contributed by atoms with Crippen molar-refractivity contribution in [3.05, 3.63) is 84.6 Å². The Balaban J connectivity index is 1.23. The van der Waals surface area contributed by atoms with Crippen molar-refractivity contribution in [3.8, 4) is 34.2 Å². The van der Waals surface area contributed by atoms with Gasteiger partial charge in [-0.15, -0.1) is 0 Å². The maximum atomic E-state index is 9.69. The first kappa shape index (κ1) is 23.7. The molecule has 0 spiro atoms. The van der Waals surface area contributed by atoms with Crippen molar-refractivity contribution in [1.29, 1.82) is 5.26 Å². The van der Waals surface area contributed by atoms with E-state index in [1.54, 1.807) is 18.0 Å². The normalized spacial score (nSPS) is 14.1. The van der Waals surface area contributed by atoms with Crippen LogP contribution >= 0.6 is 0 Å². The summed E-state index contributed by atoms with van der Waals surface area (Å²) < 4.78 is 9.18. The first-order chi connectivity index (χ1) is 18.6. The Morgan fingerprint density at radius 3 is 2.47 bits per heavy atom. The number of aryl methyl sites for hydroxylation is 1. The Bertz CT molecular complexity index is 1620. The maximum Gasteiger partial charge on any atom is 0.145 e. The quantitative estimate of drug-likeness (QED) is 0.345. The molecule has 0 N–H and O–H groups in total. The third-order valence-corrected chi connectivity index (χ3v) is 7.09. The van der Waals surface area contributed by atoms with Gasteiger partial charge in [0.05, 0.1) is 25.2 Å². The van der Waals surface area contributed by atoms with Gasteiger partial charge in [0.1, 0.15) is 29.0 Å². The van der Waals surface area contributed by atoms with Gasteiger partial charge in [-0.1, -0.05) is 18.2 Å². The van der Waals surface area contributed by atoms with E-state index in [9.17, 15) is 5.26 Å². The highest BCUT2D eigenvalue weighted by atomic mass is 16.5. The number of pyridine rings is 2. The summed E-state index contributed by atoms with van der Waals surface area (Å²) in [4.78, 5) is 14.1.